The predicted octanol–water partition coefficient (Wildman–Crippen LogP) is 2.13. The molecule has 0 unspecified atom stereocenters. The van der Waals surface area contributed by atoms with Gasteiger partial charge < -0.3 is 25.2 Å². The van der Waals surface area contributed by atoms with Gasteiger partial charge in [-0.2, -0.15) is 0 Å². The SMILES string of the molecule is O=C(N[C@H]1CCNC[C@@H]1O)c1cccc(-c2ccc3c(c2)OC(F)(F)O3)c1. The highest BCUT2D eigenvalue weighted by Gasteiger charge is 2.43. The molecule has 0 bridgehead atoms. The Balaban J connectivity index is 1.54. The first-order chi connectivity index (χ1) is 12.9. The van der Waals surface area contributed by atoms with Gasteiger partial charge in [-0.3, -0.25) is 4.79 Å². The second-order valence-corrected chi connectivity index (χ2v) is 6.55. The zero-order valence-electron chi connectivity index (χ0n) is 14.2. The molecule has 0 saturated carbocycles. The number of alkyl halides is 2. The standard InChI is InChI=1S/C19H18F2N2O4/c20-19(21)26-16-5-4-12(9-17(16)27-19)11-2-1-3-13(8-11)18(25)23-14-6-7-22-10-15(14)24/h1-5,8-9,14-15,22,24H,6-7,10H2,(H,23,25)/t14-,15-/m0/s1. The second kappa shape index (κ2) is 6.79. The molecule has 2 aliphatic heterocycles. The summed E-state index contributed by atoms with van der Waals surface area (Å²) in [6, 6.07) is 11.0. The van der Waals surface area contributed by atoms with Gasteiger partial charge in [-0.25, -0.2) is 0 Å². The van der Waals surface area contributed by atoms with Gasteiger partial charge in [-0.1, -0.05) is 18.2 Å². The Morgan fingerprint density at radius 1 is 1.15 bits per heavy atom. The molecule has 2 aromatic rings. The van der Waals surface area contributed by atoms with E-state index in [1.807, 2.05) is 0 Å². The lowest BCUT2D eigenvalue weighted by atomic mass is 10.0. The van der Waals surface area contributed by atoms with Gasteiger partial charge in [0.2, 0.25) is 0 Å². The Labute approximate surface area is 154 Å². The molecule has 0 aromatic heterocycles. The number of rotatable bonds is 3. The fourth-order valence-corrected chi connectivity index (χ4v) is 3.23. The van der Waals surface area contributed by atoms with Crippen LogP contribution >= 0.6 is 0 Å². The minimum atomic E-state index is -3.67. The number of nitrogens with one attached hydrogen (secondary N) is 2. The highest BCUT2D eigenvalue weighted by Crippen LogP contribution is 2.42. The molecule has 1 amide bonds. The average molecular weight is 376 g/mol. The first-order valence-corrected chi connectivity index (χ1v) is 8.61. The summed E-state index contributed by atoms with van der Waals surface area (Å²) in [6.07, 6.45) is -3.66. The van der Waals surface area contributed by atoms with Gasteiger partial charge in [0.15, 0.2) is 11.5 Å². The van der Waals surface area contributed by atoms with Crippen LogP contribution in [-0.2, 0) is 0 Å². The number of fused-ring (bicyclic) bond motifs is 1. The Hall–Kier alpha value is -2.71. The molecule has 1 fully saturated rings. The Morgan fingerprint density at radius 2 is 1.93 bits per heavy atom. The molecule has 8 heteroatoms. The molecule has 1 saturated heterocycles. The molecule has 4 rings (SSSR count). The van der Waals surface area contributed by atoms with Crippen molar-refractivity contribution in [2.75, 3.05) is 13.1 Å². The lowest BCUT2D eigenvalue weighted by Gasteiger charge is -2.29. The summed E-state index contributed by atoms with van der Waals surface area (Å²) in [5.74, 6) is -0.377. The van der Waals surface area contributed by atoms with Crippen molar-refractivity contribution < 1.29 is 28.2 Å². The maximum absolute atomic E-state index is 13.2. The molecule has 2 aromatic carbocycles. The number of ether oxygens (including phenoxy) is 2. The van der Waals surface area contributed by atoms with E-state index in [2.05, 4.69) is 20.1 Å². The Morgan fingerprint density at radius 3 is 2.74 bits per heavy atom. The van der Waals surface area contributed by atoms with Crippen molar-refractivity contribution >= 4 is 5.91 Å². The van der Waals surface area contributed by atoms with Crippen LogP contribution in [0, 0.1) is 0 Å². The van der Waals surface area contributed by atoms with E-state index in [9.17, 15) is 18.7 Å². The number of piperidine rings is 1. The molecule has 2 heterocycles. The third-order valence-corrected chi connectivity index (χ3v) is 4.63. The van der Waals surface area contributed by atoms with E-state index in [0.717, 1.165) is 6.54 Å². The molecule has 0 spiro atoms. The van der Waals surface area contributed by atoms with Gasteiger partial charge in [0.05, 0.1) is 12.1 Å². The monoisotopic (exact) mass is 376 g/mol. The van der Waals surface area contributed by atoms with Crippen molar-refractivity contribution in [2.45, 2.75) is 24.9 Å². The fourth-order valence-electron chi connectivity index (χ4n) is 3.23. The van der Waals surface area contributed by atoms with Crippen molar-refractivity contribution in [1.82, 2.24) is 10.6 Å². The summed E-state index contributed by atoms with van der Waals surface area (Å²) in [5, 5.41) is 15.9. The molecule has 2 aliphatic rings. The van der Waals surface area contributed by atoms with Gasteiger partial charge in [0.1, 0.15) is 0 Å². The molecule has 0 radical (unpaired) electrons. The lowest BCUT2D eigenvalue weighted by molar-refractivity contribution is -0.286. The summed E-state index contributed by atoms with van der Waals surface area (Å²) in [7, 11) is 0. The summed E-state index contributed by atoms with van der Waals surface area (Å²) >= 11 is 0. The van der Waals surface area contributed by atoms with Crippen LogP contribution in [0.2, 0.25) is 0 Å². The number of hydrogen-bond donors (Lipinski definition) is 3. The molecular formula is C19H18F2N2O4. The van der Waals surface area contributed by atoms with Crippen LogP contribution < -0.4 is 20.1 Å². The van der Waals surface area contributed by atoms with Crippen LogP contribution in [0.15, 0.2) is 42.5 Å². The molecule has 2 atom stereocenters. The number of halogens is 2. The third kappa shape index (κ3) is 3.72. The maximum atomic E-state index is 13.2. The molecular weight excluding hydrogens is 358 g/mol. The summed E-state index contributed by atoms with van der Waals surface area (Å²) in [6.45, 7) is 1.16. The number of carbonyl (C=O) groups excluding carboxylic acids is 1. The van der Waals surface area contributed by atoms with Crippen LogP contribution in [0.25, 0.3) is 11.1 Å². The smallest absolute Gasteiger partial charge is 0.395 e. The van der Waals surface area contributed by atoms with Crippen LogP contribution in [-0.4, -0.2) is 42.5 Å². The van der Waals surface area contributed by atoms with Crippen LogP contribution in [0.4, 0.5) is 8.78 Å². The summed E-state index contributed by atoms with van der Waals surface area (Å²) in [5.41, 5.74) is 1.71. The highest BCUT2D eigenvalue weighted by atomic mass is 19.3. The molecule has 6 nitrogen and oxygen atoms in total. The van der Waals surface area contributed by atoms with Crippen molar-refractivity contribution in [3.63, 3.8) is 0 Å². The van der Waals surface area contributed by atoms with Crippen molar-refractivity contribution in [3.05, 3.63) is 48.0 Å². The van der Waals surface area contributed by atoms with Crippen LogP contribution in [0.1, 0.15) is 16.8 Å². The molecule has 0 aliphatic carbocycles. The maximum Gasteiger partial charge on any atom is 0.586 e. The van der Waals surface area contributed by atoms with Crippen LogP contribution in [0.5, 0.6) is 11.5 Å². The van der Waals surface area contributed by atoms with Gasteiger partial charge in [-0.15, -0.1) is 8.78 Å². The normalized spacial score (nSPS) is 23.1. The molecule has 3 N–H and O–H groups in total. The highest BCUT2D eigenvalue weighted by molar-refractivity contribution is 5.95. The Kier molecular flexibility index (Phi) is 4.45. The van der Waals surface area contributed by atoms with E-state index in [4.69, 9.17) is 0 Å². The first kappa shape index (κ1) is 17.7. The number of benzene rings is 2. The van der Waals surface area contributed by atoms with E-state index in [-0.39, 0.29) is 23.4 Å². The fraction of sp³-hybridized carbons (Fsp3) is 0.316. The number of β-amino-alcohol motifs (C(OH)–C–C–N with tert-alkyl or cyclic N) is 1. The van der Waals surface area contributed by atoms with Gasteiger partial charge in [0.25, 0.3) is 5.91 Å². The zero-order valence-corrected chi connectivity index (χ0v) is 14.2. The van der Waals surface area contributed by atoms with E-state index < -0.39 is 12.4 Å². The number of aliphatic hydroxyl groups excluding tert-OH is 1. The summed E-state index contributed by atoms with van der Waals surface area (Å²) in [4.78, 5) is 12.5. The van der Waals surface area contributed by atoms with Crippen molar-refractivity contribution in [2.24, 2.45) is 0 Å². The van der Waals surface area contributed by atoms with Gasteiger partial charge in [-0.05, 0) is 48.4 Å². The zero-order chi connectivity index (χ0) is 19.0. The third-order valence-electron chi connectivity index (χ3n) is 4.63. The van der Waals surface area contributed by atoms with Crippen LogP contribution in [0.3, 0.4) is 0 Å². The van der Waals surface area contributed by atoms with E-state index >= 15 is 0 Å². The van der Waals surface area contributed by atoms with E-state index in [0.29, 0.717) is 29.7 Å². The predicted molar refractivity (Wildman–Crippen MR) is 92.8 cm³/mol. The van der Waals surface area contributed by atoms with Gasteiger partial charge >= 0.3 is 6.29 Å². The quantitative estimate of drug-likeness (QED) is 0.765. The Bertz CT molecular complexity index is 875. The summed E-state index contributed by atoms with van der Waals surface area (Å²) < 4.78 is 35.2. The van der Waals surface area contributed by atoms with E-state index in [1.165, 1.54) is 12.1 Å². The van der Waals surface area contributed by atoms with E-state index in [1.54, 1.807) is 30.3 Å². The van der Waals surface area contributed by atoms with Crippen molar-refractivity contribution in [3.8, 4) is 22.6 Å². The topological polar surface area (TPSA) is 79.8 Å². The first-order valence-electron chi connectivity index (χ1n) is 8.61. The molecule has 142 valence electrons. The number of aliphatic hydroxyl groups is 1. The lowest BCUT2D eigenvalue weighted by Crippen LogP contribution is -2.52. The minimum absolute atomic E-state index is 0.0301. The number of carbonyl (C=O) groups is 1. The largest absolute Gasteiger partial charge is 0.586 e. The number of amides is 1. The van der Waals surface area contributed by atoms with Gasteiger partial charge in [0, 0.05) is 12.1 Å². The number of hydrogen-bond acceptors (Lipinski definition) is 5. The molecule has 27 heavy (non-hydrogen) atoms. The average Bonchev–Trinajstić information content (AvgIpc) is 2.96. The minimum Gasteiger partial charge on any atom is -0.395 e. The van der Waals surface area contributed by atoms with Crippen molar-refractivity contribution in [1.29, 1.82) is 0 Å². The second-order valence-electron chi connectivity index (χ2n) is 6.55.